The molecule has 0 spiro atoms. The second-order valence-electron chi connectivity index (χ2n) is 7.18. The van der Waals surface area contributed by atoms with Gasteiger partial charge in [0.2, 0.25) is 0 Å². The fraction of sp³-hybridized carbons (Fsp3) is 0.706. The Bertz CT molecular complexity index is 629. The Morgan fingerprint density at radius 1 is 1.29 bits per heavy atom. The van der Waals surface area contributed by atoms with Gasteiger partial charge in [0.05, 0.1) is 13.2 Å². The predicted octanol–water partition coefficient (Wildman–Crippen LogP) is 2.93. The van der Waals surface area contributed by atoms with E-state index in [1.54, 1.807) is 11.8 Å². The lowest BCUT2D eigenvalue weighted by atomic mass is 10.0. The van der Waals surface area contributed by atoms with Gasteiger partial charge in [0, 0.05) is 30.3 Å². The zero-order chi connectivity index (χ0) is 18.1. The van der Waals surface area contributed by atoms with Crippen LogP contribution in [0.3, 0.4) is 0 Å². The lowest BCUT2D eigenvalue weighted by molar-refractivity contribution is 0.0219. The first-order chi connectivity index (χ1) is 11.1. The molecule has 0 unspecified atom stereocenters. The molecule has 7 heteroatoms. The number of esters is 1. The van der Waals surface area contributed by atoms with Gasteiger partial charge in [0.15, 0.2) is 5.69 Å². The van der Waals surface area contributed by atoms with E-state index < -0.39 is 11.6 Å². The summed E-state index contributed by atoms with van der Waals surface area (Å²) in [4.78, 5) is 26.2. The third-order valence-corrected chi connectivity index (χ3v) is 3.70. The van der Waals surface area contributed by atoms with Crippen LogP contribution >= 0.6 is 0 Å². The second-order valence-corrected chi connectivity index (χ2v) is 7.18. The highest BCUT2D eigenvalue weighted by molar-refractivity contribution is 5.89. The number of aromatic nitrogens is 2. The molecule has 0 aliphatic carbocycles. The summed E-state index contributed by atoms with van der Waals surface area (Å²) >= 11 is 0. The zero-order valence-corrected chi connectivity index (χ0v) is 15.4. The fourth-order valence-electron chi connectivity index (χ4n) is 2.72. The Morgan fingerprint density at radius 2 is 1.96 bits per heavy atom. The summed E-state index contributed by atoms with van der Waals surface area (Å²) < 4.78 is 12.4. The minimum absolute atomic E-state index is 0.134. The molecule has 134 valence electrons. The van der Waals surface area contributed by atoms with Crippen molar-refractivity contribution in [1.82, 2.24) is 14.7 Å². The molecule has 0 saturated heterocycles. The Balaban J connectivity index is 2.31. The first kappa shape index (κ1) is 18.3. The smallest absolute Gasteiger partial charge is 0.410 e. The minimum Gasteiger partial charge on any atom is -0.461 e. The van der Waals surface area contributed by atoms with Crippen LogP contribution in [0.15, 0.2) is 0 Å². The number of rotatable bonds is 3. The highest BCUT2D eigenvalue weighted by atomic mass is 16.6. The van der Waals surface area contributed by atoms with Gasteiger partial charge in [-0.05, 0) is 41.5 Å². The molecule has 1 aliphatic heterocycles. The van der Waals surface area contributed by atoms with Crippen molar-refractivity contribution in [2.75, 3.05) is 13.2 Å². The van der Waals surface area contributed by atoms with E-state index in [4.69, 9.17) is 9.47 Å². The van der Waals surface area contributed by atoms with Crippen molar-refractivity contribution in [3.05, 3.63) is 17.0 Å². The van der Waals surface area contributed by atoms with Crippen LogP contribution in [0.5, 0.6) is 0 Å². The van der Waals surface area contributed by atoms with E-state index in [-0.39, 0.29) is 18.7 Å². The van der Waals surface area contributed by atoms with Crippen molar-refractivity contribution in [3.63, 3.8) is 0 Å². The van der Waals surface area contributed by atoms with Crippen LogP contribution in [0.2, 0.25) is 0 Å². The molecule has 7 nitrogen and oxygen atoms in total. The monoisotopic (exact) mass is 337 g/mol. The maximum Gasteiger partial charge on any atom is 0.410 e. The molecule has 0 fully saturated rings. The Hall–Kier alpha value is -2.05. The first-order valence-electron chi connectivity index (χ1n) is 8.39. The molecule has 0 radical (unpaired) electrons. The first-order valence-corrected chi connectivity index (χ1v) is 8.39. The van der Waals surface area contributed by atoms with E-state index in [9.17, 15) is 9.59 Å². The van der Waals surface area contributed by atoms with E-state index >= 15 is 0 Å². The molecule has 1 aliphatic rings. The number of carbonyl (C=O) groups is 2. The summed E-state index contributed by atoms with van der Waals surface area (Å²) in [5, 5.41) is 4.44. The van der Waals surface area contributed by atoms with Gasteiger partial charge in [0.1, 0.15) is 5.60 Å². The van der Waals surface area contributed by atoms with Gasteiger partial charge < -0.3 is 14.4 Å². The summed E-state index contributed by atoms with van der Waals surface area (Å²) in [5.41, 5.74) is 1.50. The molecule has 0 bridgehead atoms. The van der Waals surface area contributed by atoms with Crippen LogP contribution in [-0.2, 0) is 22.4 Å². The van der Waals surface area contributed by atoms with E-state index in [0.717, 1.165) is 11.3 Å². The van der Waals surface area contributed by atoms with Crippen LogP contribution in [0, 0.1) is 0 Å². The van der Waals surface area contributed by atoms with E-state index in [1.165, 1.54) is 0 Å². The van der Waals surface area contributed by atoms with Crippen molar-refractivity contribution in [2.45, 2.75) is 66.2 Å². The van der Waals surface area contributed by atoms with Crippen molar-refractivity contribution in [2.24, 2.45) is 0 Å². The maximum atomic E-state index is 12.3. The van der Waals surface area contributed by atoms with Crippen LogP contribution in [-0.4, -0.2) is 45.5 Å². The molecule has 2 rings (SSSR count). The van der Waals surface area contributed by atoms with Gasteiger partial charge in [-0.25, -0.2) is 9.59 Å². The Kier molecular flexibility index (Phi) is 5.20. The molecule has 0 atom stereocenters. The molecule has 0 aromatic carbocycles. The highest BCUT2D eigenvalue weighted by Crippen LogP contribution is 2.26. The molecule has 24 heavy (non-hydrogen) atoms. The second kappa shape index (κ2) is 6.83. The van der Waals surface area contributed by atoms with Gasteiger partial charge in [-0.3, -0.25) is 4.68 Å². The molecular formula is C17H27N3O4. The fourth-order valence-corrected chi connectivity index (χ4v) is 2.72. The summed E-state index contributed by atoms with van der Waals surface area (Å²) in [6.07, 6.45) is 0.263. The quantitative estimate of drug-likeness (QED) is 0.793. The van der Waals surface area contributed by atoms with Gasteiger partial charge >= 0.3 is 12.1 Å². The third-order valence-electron chi connectivity index (χ3n) is 3.70. The van der Waals surface area contributed by atoms with E-state index in [0.29, 0.717) is 25.2 Å². The van der Waals surface area contributed by atoms with Crippen molar-refractivity contribution in [3.8, 4) is 0 Å². The summed E-state index contributed by atoms with van der Waals surface area (Å²) in [6.45, 7) is 12.4. The third kappa shape index (κ3) is 3.88. The normalized spacial score (nSPS) is 14.5. The maximum absolute atomic E-state index is 12.3. The minimum atomic E-state index is -0.552. The van der Waals surface area contributed by atoms with Crippen molar-refractivity contribution in [1.29, 1.82) is 0 Å². The molecule has 1 aromatic rings. The van der Waals surface area contributed by atoms with Crippen molar-refractivity contribution >= 4 is 12.1 Å². The summed E-state index contributed by atoms with van der Waals surface area (Å²) in [6, 6.07) is 0.134. The van der Waals surface area contributed by atoms with E-state index in [1.807, 2.05) is 39.3 Å². The molecule has 2 heterocycles. The SMILES string of the molecule is CCOC(=O)c1nn(C(C)C)c2c1CN(C(=O)OC(C)(C)C)CC2. The van der Waals surface area contributed by atoms with Gasteiger partial charge in [0.25, 0.3) is 0 Å². The number of hydrogen-bond acceptors (Lipinski definition) is 5. The van der Waals surface area contributed by atoms with Crippen LogP contribution in [0.25, 0.3) is 0 Å². The molecular weight excluding hydrogens is 310 g/mol. The predicted molar refractivity (Wildman–Crippen MR) is 88.9 cm³/mol. The standard InChI is InChI=1S/C17H27N3O4/c1-7-23-15(21)14-12-10-19(16(22)24-17(4,5)6)9-8-13(12)20(18-14)11(2)3/h11H,7-10H2,1-6H3. The largest absolute Gasteiger partial charge is 0.461 e. The van der Waals surface area contributed by atoms with E-state index in [2.05, 4.69) is 5.10 Å². The topological polar surface area (TPSA) is 73.7 Å². The molecule has 0 saturated carbocycles. The number of hydrogen-bond donors (Lipinski definition) is 0. The van der Waals surface area contributed by atoms with Crippen molar-refractivity contribution < 1.29 is 19.1 Å². The summed E-state index contributed by atoms with van der Waals surface area (Å²) in [5.74, 6) is -0.445. The molecule has 0 N–H and O–H groups in total. The number of nitrogens with zero attached hydrogens (tertiary/aromatic N) is 3. The zero-order valence-electron chi connectivity index (χ0n) is 15.4. The molecule has 1 aromatic heterocycles. The number of carbonyl (C=O) groups excluding carboxylic acids is 2. The van der Waals surface area contributed by atoms with Crippen LogP contribution in [0.4, 0.5) is 4.79 Å². The number of fused-ring (bicyclic) bond motifs is 1. The average molecular weight is 337 g/mol. The summed E-state index contributed by atoms with van der Waals surface area (Å²) in [7, 11) is 0. The lowest BCUT2D eigenvalue weighted by Crippen LogP contribution is -2.40. The van der Waals surface area contributed by atoms with Gasteiger partial charge in [-0.15, -0.1) is 0 Å². The Morgan fingerprint density at radius 3 is 2.50 bits per heavy atom. The van der Waals surface area contributed by atoms with Gasteiger partial charge in [-0.1, -0.05) is 0 Å². The number of ether oxygens (including phenoxy) is 2. The molecule has 1 amide bonds. The lowest BCUT2D eigenvalue weighted by Gasteiger charge is -2.30. The van der Waals surface area contributed by atoms with Crippen LogP contribution < -0.4 is 0 Å². The number of amides is 1. The van der Waals surface area contributed by atoms with Crippen LogP contribution in [0.1, 0.15) is 69.3 Å². The van der Waals surface area contributed by atoms with Gasteiger partial charge in [-0.2, -0.15) is 5.10 Å². The average Bonchev–Trinajstić information content (AvgIpc) is 2.84. The highest BCUT2D eigenvalue weighted by Gasteiger charge is 2.33. The Labute approximate surface area is 142 Å².